The number of rotatable bonds is 5. The lowest BCUT2D eigenvalue weighted by Gasteiger charge is -2.11. The summed E-state index contributed by atoms with van der Waals surface area (Å²) < 4.78 is 24.7. The lowest BCUT2D eigenvalue weighted by Crippen LogP contribution is -2.02. The second kappa shape index (κ2) is 6.95. The summed E-state index contributed by atoms with van der Waals surface area (Å²) in [6, 6.07) is 11.0. The maximum Gasteiger partial charge on any atom is 0.247 e. The Bertz CT molecular complexity index is 888. The number of H-pyrrole nitrogens is 1. The number of methoxy groups -OCH3 is 1. The molecule has 0 aliphatic heterocycles. The molecule has 2 heterocycles. The van der Waals surface area contributed by atoms with Gasteiger partial charge in [-0.15, -0.1) is 0 Å². The van der Waals surface area contributed by atoms with E-state index in [2.05, 4.69) is 9.97 Å². The maximum absolute atomic E-state index is 13.9. The van der Waals surface area contributed by atoms with Crippen LogP contribution in [0.15, 0.2) is 59.7 Å². The van der Waals surface area contributed by atoms with E-state index in [0.29, 0.717) is 22.8 Å². The standard InChI is InChI=1S/C18H15FN2O3/c1-23-18-13(3-2-6-20-18)11-24-16-8-14(7-15(19)9-16)12-4-5-17(22)21-10-12/h2-10H,11H2,1H3,(H,21,22). The molecule has 24 heavy (non-hydrogen) atoms. The number of nitrogens with zero attached hydrogens (tertiary/aromatic N) is 1. The fraction of sp³-hybridized carbons (Fsp3) is 0.111. The molecule has 0 aliphatic carbocycles. The number of aromatic nitrogens is 2. The van der Waals surface area contributed by atoms with Gasteiger partial charge in [0.05, 0.1) is 12.7 Å². The molecule has 0 radical (unpaired) electrons. The van der Waals surface area contributed by atoms with Gasteiger partial charge in [-0.1, -0.05) is 0 Å². The summed E-state index contributed by atoms with van der Waals surface area (Å²) in [7, 11) is 1.53. The van der Waals surface area contributed by atoms with Gasteiger partial charge < -0.3 is 14.5 Å². The van der Waals surface area contributed by atoms with Gasteiger partial charge in [0.25, 0.3) is 0 Å². The predicted octanol–water partition coefficient (Wildman–Crippen LogP) is 3.16. The summed E-state index contributed by atoms with van der Waals surface area (Å²) in [5.74, 6) is 0.420. The Kier molecular flexibility index (Phi) is 4.56. The highest BCUT2D eigenvalue weighted by molar-refractivity contribution is 5.64. The molecule has 1 N–H and O–H groups in total. The number of halogens is 1. The van der Waals surface area contributed by atoms with Gasteiger partial charge in [-0.3, -0.25) is 4.79 Å². The Hall–Kier alpha value is -3.15. The minimum absolute atomic E-state index is 0.200. The van der Waals surface area contributed by atoms with Crippen molar-refractivity contribution in [2.24, 2.45) is 0 Å². The maximum atomic E-state index is 13.9. The lowest BCUT2D eigenvalue weighted by molar-refractivity contribution is 0.292. The Labute approximate surface area is 137 Å². The van der Waals surface area contributed by atoms with E-state index in [-0.39, 0.29) is 12.2 Å². The van der Waals surface area contributed by atoms with Gasteiger partial charge in [-0.05, 0) is 41.5 Å². The van der Waals surface area contributed by atoms with Crippen LogP contribution < -0.4 is 15.0 Å². The van der Waals surface area contributed by atoms with Crippen molar-refractivity contribution in [1.29, 1.82) is 0 Å². The van der Waals surface area contributed by atoms with Crippen molar-refractivity contribution in [2.45, 2.75) is 6.61 Å². The second-order valence-electron chi connectivity index (χ2n) is 5.08. The van der Waals surface area contributed by atoms with Crippen LogP contribution in [0.2, 0.25) is 0 Å². The molecule has 122 valence electrons. The first kappa shape index (κ1) is 15.7. The molecule has 3 aromatic rings. The average Bonchev–Trinajstić information content (AvgIpc) is 2.60. The van der Waals surface area contributed by atoms with Crippen molar-refractivity contribution in [1.82, 2.24) is 9.97 Å². The molecule has 0 atom stereocenters. The molecule has 5 nitrogen and oxygen atoms in total. The molecule has 3 rings (SSSR count). The van der Waals surface area contributed by atoms with Crippen molar-refractivity contribution < 1.29 is 13.9 Å². The van der Waals surface area contributed by atoms with E-state index in [1.54, 1.807) is 24.4 Å². The van der Waals surface area contributed by atoms with Crippen LogP contribution in [-0.2, 0) is 6.61 Å². The van der Waals surface area contributed by atoms with E-state index in [1.165, 1.54) is 31.5 Å². The minimum Gasteiger partial charge on any atom is -0.489 e. The highest BCUT2D eigenvalue weighted by Gasteiger charge is 2.07. The van der Waals surface area contributed by atoms with Gasteiger partial charge in [0, 0.05) is 24.5 Å². The molecule has 0 bridgehead atoms. The normalized spacial score (nSPS) is 10.4. The van der Waals surface area contributed by atoms with Gasteiger partial charge in [-0.25, -0.2) is 9.37 Å². The Morgan fingerprint density at radius 1 is 1.17 bits per heavy atom. The van der Waals surface area contributed by atoms with Gasteiger partial charge in [0.2, 0.25) is 11.4 Å². The zero-order valence-corrected chi connectivity index (χ0v) is 13.0. The number of nitrogens with one attached hydrogen (secondary N) is 1. The van der Waals surface area contributed by atoms with Crippen LogP contribution in [0.5, 0.6) is 11.6 Å². The topological polar surface area (TPSA) is 64.2 Å². The van der Waals surface area contributed by atoms with Crippen molar-refractivity contribution in [3.05, 3.63) is 76.6 Å². The largest absolute Gasteiger partial charge is 0.489 e. The fourth-order valence-corrected chi connectivity index (χ4v) is 2.28. The molecule has 0 amide bonds. The Morgan fingerprint density at radius 3 is 2.79 bits per heavy atom. The number of aromatic amines is 1. The van der Waals surface area contributed by atoms with Crippen molar-refractivity contribution in [2.75, 3.05) is 7.11 Å². The third kappa shape index (κ3) is 3.60. The average molecular weight is 326 g/mol. The Balaban J connectivity index is 1.84. The molecule has 2 aromatic heterocycles. The first-order valence-corrected chi connectivity index (χ1v) is 7.26. The van der Waals surface area contributed by atoms with E-state index < -0.39 is 5.82 Å². The number of hydrogen-bond donors (Lipinski definition) is 1. The minimum atomic E-state index is -0.424. The molecule has 0 saturated heterocycles. The summed E-state index contributed by atoms with van der Waals surface area (Å²) in [6.07, 6.45) is 3.16. The molecule has 6 heteroatoms. The molecule has 0 aliphatic rings. The number of ether oxygens (including phenoxy) is 2. The van der Waals surface area contributed by atoms with Crippen LogP contribution in [0.1, 0.15) is 5.56 Å². The first-order chi connectivity index (χ1) is 11.7. The van der Waals surface area contributed by atoms with E-state index in [4.69, 9.17) is 9.47 Å². The quantitative estimate of drug-likeness (QED) is 0.782. The summed E-state index contributed by atoms with van der Waals surface area (Å²) in [4.78, 5) is 17.8. The second-order valence-corrected chi connectivity index (χ2v) is 5.08. The summed E-state index contributed by atoms with van der Waals surface area (Å²) in [6.45, 7) is 0.200. The van der Waals surface area contributed by atoms with Gasteiger partial charge in [0.1, 0.15) is 18.2 Å². The van der Waals surface area contributed by atoms with Crippen molar-refractivity contribution >= 4 is 0 Å². The highest BCUT2D eigenvalue weighted by atomic mass is 19.1. The first-order valence-electron chi connectivity index (χ1n) is 7.26. The molecule has 1 aromatic carbocycles. The third-order valence-electron chi connectivity index (χ3n) is 3.43. The van der Waals surface area contributed by atoms with Crippen LogP contribution >= 0.6 is 0 Å². The van der Waals surface area contributed by atoms with Crippen molar-refractivity contribution in [3.8, 4) is 22.8 Å². The number of hydrogen-bond acceptors (Lipinski definition) is 4. The van der Waals surface area contributed by atoms with Crippen LogP contribution in [0.25, 0.3) is 11.1 Å². The smallest absolute Gasteiger partial charge is 0.247 e. The van der Waals surface area contributed by atoms with Crippen LogP contribution in [0.3, 0.4) is 0 Å². The molecular weight excluding hydrogens is 311 g/mol. The van der Waals surface area contributed by atoms with Gasteiger partial charge in [-0.2, -0.15) is 0 Å². The highest BCUT2D eigenvalue weighted by Crippen LogP contribution is 2.26. The lowest BCUT2D eigenvalue weighted by atomic mass is 10.1. The van der Waals surface area contributed by atoms with E-state index in [0.717, 1.165) is 5.56 Å². The summed E-state index contributed by atoms with van der Waals surface area (Å²) in [5.41, 5.74) is 1.85. The van der Waals surface area contributed by atoms with E-state index in [9.17, 15) is 9.18 Å². The molecule has 0 spiro atoms. The summed E-state index contributed by atoms with van der Waals surface area (Å²) >= 11 is 0. The van der Waals surface area contributed by atoms with Crippen molar-refractivity contribution in [3.63, 3.8) is 0 Å². The molecule has 0 unspecified atom stereocenters. The summed E-state index contributed by atoms with van der Waals surface area (Å²) in [5, 5.41) is 0. The van der Waals surface area contributed by atoms with E-state index >= 15 is 0 Å². The van der Waals surface area contributed by atoms with Crippen LogP contribution in [0.4, 0.5) is 4.39 Å². The van der Waals surface area contributed by atoms with E-state index in [1.807, 2.05) is 6.07 Å². The fourth-order valence-electron chi connectivity index (χ4n) is 2.28. The van der Waals surface area contributed by atoms with Crippen LogP contribution in [-0.4, -0.2) is 17.1 Å². The number of pyridine rings is 2. The molecule has 0 fully saturated rings. The Morgan fingerprint density at radius 2 is 2.04 bits per heavy atom. The zero-order valence-electron chi connectivity index (χ0n) is 13.0. The zero-order chi connectivity index (χ0) is 16.9. The number of benzene rings is 1. The molecular formula is C18H15FN2O3. The molecule has 0 saturated carbocycles. The predicted molar refractivity (Wildman–Crippen MR) is 87.6 cm³/mol. The van der Waals surface area contributed by atoms with Crippen LogP contribution in [0, 0.1) is 5.82 Å². The third-order valence-corrected chi connectivity index (χ3v) is 3.43. The van der Waals surface area contributed by atoms with Gasteiger partial charge >= 0.3 is 0 Å². The van der Waals surface area contributed by atoms with Gasteiger partial charge in [0.15, 0.2) is 0 Å². The monoisotopic (exact) mass is 326 g/mol. The SMILES string of the molecule is COc1ncccc1COc1cc(F)cc(-c2ccc(=O)[nH]c2)c1.